The first-order valence-electron chi connectivity index (χ1n) is 14.5. The quantitative estimate of drug-likeness (QED) is 0.248. The molecule has 0 spiro atoms. The van der Waals surface area contributed by atoms with E-state index in [4.69, 9.17) is 19.5 Å². The predicted molar refractivity (Wildman–Crippen MR) is 160 cm³/mol. The summed E-state index contributed by atoms with van der Waals surface area (Å²) in [6.07, 6.45) is 4.42. The fraction of sp³-hybridized carbons (Fsp3) is 0.278. The fourth-order valence-corrected chi connectivity index (χ4v) is 6.51. The lowest BCUT2D eigenvalue weighted by molar-refractivity contribution is 0.319. The first kappa shape index (κ1) is 24.8. The van der Waals surface area contributed by atoms with Gasteiger partial charge in [0.05, 0.1) is 0 Å². The van der Waals surface area contributed by atoms with E-state index in [-0.39, 0.29) is 12.1 Å². The van der Waals surface area contributed by atoms with Crippen LogP contribution in [0.5, 0.6) is 0 Å². The van der Waals surface area contributed by atoms with Gasteiger partial charge in [-0.15, -0.1) is 0 Å². The van der Waals surface area contributed by atoms with E-state index < -0.39 is 0 Å². The highest BCUT2D eigenvalue weighted by atomic mass is 16.5. The van der Waals surface area contributed by atoms with Crippen LogP contribution < -0.4 is 0 Å². The molecule has 4 aromatic carbocycles. The molecule has 200 valence electrons. The normalized spacial score (nSPS) is 21.4. The van der Waals surface area contributed by atoms with Crippen LogP contribution in [-0.4, -0.2) is 25.0 Å². The van der Waals surface area contributed by atoms with Crippen LogP contribution in [0.3, 0.4) is 0 Å². The Hall–Kier alpha value is -4.18. The van der Waals surface area contributed by atoms with Crippen LogP contribution in [0.1, 0.15) is 75.4 Å². The Labute approximate surface area is 236 Å². The van der Waals surface area contributed by atoms with Crippen molar-refractivity contribution in [2.75, 3.05) is 13.2 Å². The molecule has 2 heterocycles. The maximum atomic E-state index is 6.20. The van der Waals surface area contributed by atoms with Crippen molar-refractivity contribution in [1.82, 2.24) is 0 Å². The molecule has 0 N–H and O–H groups in total. The number of rotatable bonds is 7. The molecule has 0 bridgehead atoms. The van der Waals surface area contributed by atoms with Crippen molar-refractivity contribution in [2.24, 2.45) is 9.98 Å². The first-order valence-corrected chi connectivity index (χ1v) is 14.5. The van der Waals surface area contributed by atoms with Crippen molar-refractivity contribution in [3.05, 3.63) is 142 Å². The summed E-state index contributed by atoms with van der Waals surface area (Å²) in [5.41, 5.74) is 10.2. The molecule has 3 atom stereocenters. The fourth-order valence-electron chi connectivity index (χ4n) is 6.51. The molecule has 0 aromatic heterocycles. The largest absolute Gasteiger partial charge is 0.475 e. The second-order valence-electron chi connectivity index (χ2n) is 11.1. The number of hydrogen-bond donors (Lipinski definition) is 0. The Bertz CT molecular complexity index is 1580. The molecular formula is C36H34N2O2. The van der Waals surface area contributed by atoms with E-state index in [0.717, 1.165) is 36.6 Å². The molecule has 4 aromatic rings. The average molecular weight is 527 g/mol. The van der Waals surface area contributed by atoms with Crippen LogP contribution in [-0.2, 0) is 22.3 Å². The molecule has 40 heavy (non-hydrogen) atoms. The highest BCUT2D eigenvalue weighted by Gasteiger charge is 2.30. The third-order valence-electron chi connectivity index (χ3n) is 8.71. The van der Waals surface area contributed by atoms with Crippen molar-refractivity contribution in [1.29, 1.82) is 0 Å². The van der Waals surface area contributed by atoms with Gasteiger partial charge in [0.15, 0.2) is 0 Å². The van der Waals surface area contributed by atoms with Crippen molar-refractivity contribution in [2.45, 2.75) is 50.6 Å². The van der Waals surface area contributed by atoms with Gasteiger partial charge in [0, 0.05) is 11.1 Å². The molecule has 0 saturated carbocycles. The third-order valence-corrected chi connectivity index (χ3v) is 8.71. The van der Waals surface area contributed by atoms with Gasteiger partial charge in [-0.3, -0.25) is 0 Å². The summed E-state index contributed by atoms with van der Waals surface area (Å²) in [5, 5.41) is 0. The van der Waals surface area contributed by atoms with E-state index in [1.165, 1.54) is 45.4 Å². The second-order valence-corrected chi connectivity index (χ2v) is 11.1. The van der Waals surface area contributed by atoms with Gasteiger partial charge in [-0.05, 0) is 84.0 Å². The average Bonchev–Trinajstić information content (AvgIpc) is 3.78. The Balaban J connectivity index is 1.10. The summed E-state index contributed by atoms with van der Waals surface area (Å²) in [7, 11) is 0. The smallest absolute Gasteiger partial charge is 0.217 e. The summed E-state index contributed by atoms with van der Waals surface area (Å²) < 4.78 is 12.3. The second kappa shape index (κ2) is 10.8. The van der Waals surface area contributed by atoms with Crippen LogP contribution in [0.2, 0.25) is 0 Å². The van der Waals surface area contributed by atoms with Crippen LogP contribution in [0.4, 0.5) is 0 Å². The standard InChI is InChI=1S/C36H34N2O2/c1-24-25(14-8-16-30(24)35-37-32(22-39-35)26-10-4-2-5-11-26)18-19-29-21-20-28-15-9-17-31(34(28)29)36-38-33(23-40-36)27-12-6-3-7-13-27/h2-17,29,32-33H,18-23H2,1H3/t29?,32-,33-/m1/s1. The van der Waals surface area contributed by atoms with Gasteiger partial charge in [-0.1, -0.05) is 84.9 Å². The van der Waals surface area contributed by atoms with Gasteiger partial charge in [-0.2, -0.15) is 0 Å². The number of aliphatic imine (C=N–C) groups is 2. The van der Waals surface area contributed by atoms with Gasteiger partial charge in [0.25, 0.3) is 0 Å². The topological polar surface area (TPSA) is 43.2 Å². The van der Waals surface area contributed by atoms with Crippen LogP contribution in [0.15, 0.2) is 107 Å². The van der Waals surface area contributed by atoms with Gasteiger partial charge >= 0.3 is 0 Å². The number of fused-ring (bicyclic) bond motifs is 1. The minimum atomic E-state index is 0.0647. The predicted octanol–water partition coefficient (Wildman–Crippen LogP) is 7.69. The minimum Gasteiger partial charge on any atom is -0.475 e. The molecule has 1 aliphatic carbocycles. The van der Waals surface area contributed by atoms with Gasteiger partial charge < -0.3 is 9.47 Å². The highest BCUT2D eigenvalue weighted by Crippen LogP contribution is 2.40. The lowest BCUT2D eigenvalue weighted by Crippen LogP contribution is -2.09. The van der Waals surface area contributed by atoms with E-state index in [1.807, 2.05) is 12.1 Å². The SMILES string of the molecule is Cc1c(CCC2CCc3cccc(C4=N[C@@H](c5ccccc5)CO4)c32)cccc1C1=N[C@@H](c2ccccc2)CO1. The van der Waals surface area contributed by atoms with E-state index in [9.17, 15) is 0 Å². The molecule has 0 saturated heterocycles. The molecule has 0 radical (unpaired) electrons. The van der Waals surface area contributed by atoms with E-state index in [0.29, 0.717) is 19.1 Å². The van der Waals surface area contributed by atoms with Crippen molar-refractivity contribution in [3.63, 3.8) is 0 Å². The maximum absolute atomic E-state index is 6.20. The van der Waals surface area contributed by atoms with Crippen molar-refractivity contribution in [3.8, 4) is 0 Å². The van der Waals surface area contributed by atoms with Gasteiger partial charge in [0.1, 0.15) is 25.3 Å². The summed E-state index contributed by atoms with van der Waals surface area (Å²) in [5.74, 6) is 2.07. The molecular weight excluding hydrogens is 492 g/mol. The van der Waals surface area contributed by atoms with Crippen molar-refractivity contribution >= 4 is 11.8 Å². The summed E-state index contributed by atoms with van der Waals surface area (Å²) >= 11 is 0. The minimum absolute atomic E-state index is 0.0647. The zero-order valence-electron chi connectivity index (χ0n) is 22.9. The molecule has 4 nitrogen and oxygen atoms in total. The molecule has 1 unspecified atom stereocenters. The van der Waals surface area contributed by atoms with E-state index in [2.05, 4.69) is 91.9 Å². The molecule has 4 heteroatoms. The van der Waals surface area contributed by atoms with Crippen LogP contribution >= 0.6 is 0 Å². The van der Waals surface area contributed by atoms with Crippen molar-refractivity contribution < 1.29 is 9.47 Å². The molecule has 0 fully saturated rings. The zero-order chi connectivity index (χ0) is 26.9. The first-order chi connectivity index (χ1) is 19.7. The van der Waals surface area contributed by atoms with Gasteiger partial charge in [0.2, 0.25) is 11.8 Å². The summed E-state index contributed by atoms with van der Waals surface area (Å²) in [4.78, 5) is 9.97. The molecule has 3 aliphatic rings. The van der Waals surface area contributed by atoms with E-state index in [1.54, 1.807) is 0 Å². The number of ether oxygens (including phenoxy) is 2. The number of benzene rings is 4. The summed E-state index contributed by atoms with van der Waals surface area (Å²) in [6, 6.07) is 34.2. The lowest BCUT2D eigenvalue weighted by atomic mass is 9.89. The monoisotopic (exact) mass is 526 g/mol. The Morgan fingerprint density at radius 1 is 0.675 bits per heavy atom. The van der Waals surface area contributed by atoms with Gasteiger partial charge in [-0.25, -0.2) is 9.98 Å². The lowest BCUT2D eigenvalue weighted by Gasteiger charge is -2.17. The number of aryl methyl sites for hydroxylation is 2. The Morgan fingerprint density at radius 3 is 1.95 bits per heavy atom. The molecule has 0 amide bonds. The third kappa shape index (κ3) is 4.72. The zero-order valence-corrected chi connectivity index (χ0v) is 22.9. The Morgan fingerprint density at radius 2 is 1.27 bits per heavy atom. The Kier molecular flexibility index (Phi) is 6.68. The molecule has 7 rings (SSSR count). The van der Waals surface area contributed by atoms with E-state index >= 15 is 0 Å². The number of hydrogen-bond acceptors (Lipinski definition) is 4. The number of nitrogens with zero attached hydrogens (tertiary/aromatic N) is 2. The summed E-state index contributed by atoms with van der Waals surface area (Å²) in [6.45, 7) is 3.42. The highest BCUT2D eigenvalue weighted by molar-refractivity contribution is 5.98. The van der Waals surface area contributed by atoms with Crippen LogP contribution in [0, 0.1) is 6.92 Å². The van der Waals surface area contributed by atoms with Crippen LogP contribution in [0.25, 0.3) is 0 Å². The maximum Gasteiger partial charge on any atom is 0.217 e. The molecule has 2 aliphatic heterocycles.